The number of nitrogens with two attached hydrogens (primary N) is 1. The van der Waals surface area contributed by atoms with Gasteiger partial charge in [0.25, 0.3) is 5.91 Å². The quantitative estimate of drug-likeness (QED) is 0.700. The second kappa shape index (κ2) is 8.96. The lowest BCUT2D eigenvalue weighted by atomic mass is 9.64. The molecule has 0 heterocycles. The molecule has 1 aromatic carbocycles. The molecule has 1 amide bonds. The smallest absolute Gasteiger partial charge is 0.251 e. The van der Waals surface area contributed by atoms with Gasteiger partial charge in [-0.25, -0.2) is 12.8 Å². The number of hydrogen-bond acceptors (Lipinski definition) is 4. The van der Waals surface area contributed by atoms with Gasteiger partial charge in [0.05, 0.1) is 4.90 Å². The van der Waals surface area contributed by atoms with Crippen molar-refractivity contribution in [1.82, 2.24) is 5.32 Å². The summed E-state index contributed by atoms with van der Waals surface area (Å²) < 4.78 is 38.6. The number of amides is 1. The normalized spacial score (nSPS) is 27.5. The van der Waals surface area contributed by atoms with E-state index in [9.17, 15) is 17.6 Å². The van der Waals surface area contributed by atoms with E-state index in [1.807, 2.05) is 0 Å². The number of halogens is 1. The maximum Gasteiger partial charge on any atom is 0.251 e. The van der Waals surface area contributed by atoms with E-state index in [0.29, 0.717) is 11.8 Å². The predicted octanol–water partition coefficient (Wildman–Crippen LogP) is 3.75. The third-order valence-corrected chi connectivity index (χ3v) is 8.06. The van der Waals surface area contributed by atoms with Crippen molar-refractivity contribution >= 4 is 15.7 Å². The molecule has 2 atom stereocenters. The average molecular weight is 423 g/mol. The first-order chi connectivity index (χ1) is 13.8. The Balaban J connectivity index is 1.78. The zero-order valence-corrected chi connectivity index (χ0v) is 17.8. The molecule has 2 unspecified atom stereocenters. The Bertz CT molecular complexity index is 870. The number of nitrogens with one attached hydrogen (secondary N) is 1. The molecule has 2 aliphatic rings. The molecule has 0 aromatic heterocycles. The van der Waals surface area contributed by atoms with Gasteiger partial charge in [-0.2, -0.15) is 0 Å². The molecular weight excluding hydrogens is 391 g/mol. The number of fused-ring (bicyclic) bond motifs is 2. The molecule has 7 heteroatoms. The molecular formula is C22H31FN2O3S. The van der Waals surface area contributed by atoms with Crippen LogP contribution in [0.2, 0.25) is 0 Å². The molecule has 0 aliphatic heterocycles. The van der Waals surface area contributed by atoms with Crippen LogP contribution >= 0.6 is 0 Å². The van der Waals surface area contributed by atoms with Gasteiger partial charge >= 0.3 is 0 Å². The summed E-state index contributed by atoms with van der Waals surface area (Å²) in [7, 11) is -3.88. The fourth-order valence-corrected chi connectivity index (χ4v) is 6.28. The molecule has 2 fully saturated rings. The van der Waals surface area contributed by atoms with E-state index < -0.39 is 21.4 Å². The Hall–Kier alpha value is -1.73. The molecule has 3 N–H and O–H groups in total. The number of carbonyl (C=O) groups is 1. The first-order valence-corrected chi connectivity index (χ1v) is 12.1. The Morgan fingerprint density at radius 3 is 2.62 bits per heavy atom. The predicted molar refractivity (Wildman–Crippen MR) is 112 cm³/mol. The third kappa shape index (κ3) is 5.25. The first kappa shape index (κ1) is 22.0. The molecule has 0 radical (unpaired) electrons. The van der Waals surface area contributed by atoms with Crippen LogP contribution in [0, 0.1) is 11.8 Å². The van der Waals surface area contributed by atoms with Crippen LogP contribution in [0.5, 0.6) is 0 Å². The molecule has 1 aromatic rings. The van der Waals surface area contributed by atoms with Crippen LogP contribution in [0.1, 0.15) is 62.2 Å². The number of hydrogen-bond donors (Lipinski definition) is 2. The van der Waals surface area contributed by atoms with Gasteiger partial charge in [0.15, 0.2) is 9.84 Å². The van der Waals surface area contributed by atoms with Crippen molar-refractivity contribution in [2.45, 2.75) is 62.3 Å². The molecule has 3 rings (SSSR count). The maximum atomic E-state index is 13.7. The van der Waals surface area contributed by atoms with Gasteiger partial charge in [0.2, 0.25) is 0 Å². The van der Waals surface area contributed by atoms with Crippen molar-refractivity contribution in [3.8, 4) is 0 Å². The monoisotopic (exact) mass is 422 g/mol. The minimum absolute atomic E-state index is 0.0585. The summed E-state index contributed by atoms with van der Waals surface area (Å²) >= 11 is 0. The first-order valence-electron chi connectivity index (χ1n) is 10.5. The van der Waals surface area contributed by atoms with E-state index in [0.717, 1.165) is 25.3 Å². The maximum absolute atomic E-state index is 13.7. The van der Waals surface area contributed by atoms with E-state index >= 15 is 0 Å². The molecule has 5 nitrogen and oxygen atoms in total. The number of rotatable bonds is 7. The zero-order valence-electron chi connectivity index (χ0n) is 17.0. The molecule has 2 saturated carbocycles. The van der Waals surface area contributed by atoms with Crippen LogP contribution in [0.15, 0.2) is 41.1 Å². The summed E-state index contributed by atoms with van der Waals surface area (Å²) in [5, 5.41) is 3.23. The lowest BCUT2D eigenvalue weighted by Crippen LogP contribution is -2.53. The largest absolute Gasteiger partial charge is 0.347 e. The summed E-state index contributed by atoms with van der Waals surface area (Å²) in [5.74, 6) is -0.487. The van der Waals surface area contributed by atoms with Gasteiger partial charge in [0, 0.05) is 17.6 Å². The summed E-state index contributed by atoms with van der Waals surface area (Å²) in [6.07, 6.45) is 8.86. The second-order valence-corrected chi connectivity index (χ2v) is 10.6. The van der Waals surface area contributed by atoms with Crippen LogP contribution in [-0.4, -0.2) is 32.2 Å². The highest BCUT2D eigenvalue weighted by Crippen LogP contribution is 2.45. The molecule has 2 bridgehead atoms. The van der Waals surface area contributed by atoms with Crippen molar-refractivity contribution in [2.75, 3.05) is 12.3 Å². The highest BCUT2D eigenvalue weighted by molar-refractivity contribution is 7.91. The van der Waals surface area contributed by atoms with E-state index in [4.69, 9.17) is 5.73 Å². The molecule has 2 aliphatic carbocycles. The van der Waals surface area contributed by atoms with Gasteiger partial charge in [-0.1, -0.05) is 32.3 Å². The summed E-state index contributed by atoms with van der Waals surface area (Å²) in [4.78, 5) is 12.9. The number of benzene rings is 1. The van der Waals surface area contributed by atoms with Crippen LogP contribution in [0.3, 0.4) is 0 Å². The van der Waals surface area contributed by atoms with Crippen LogP contribution in [-0.2, 0) is 9.84 Å². The summed E-state index contributed by atoms with van der Waals surface area (Å²) in [5.41, 5.74) is 5.30. The van der Waals surface area contributed by atoms with Gasteiger partial charge in [-0.3, -0.25) is 4.79 Å². The lowest BCUT2D eigenvalue weighted by Gasteiger charge is -2.47. The van der Waals surface area contributed by atoms with E-state index in [1.165, 1.54) is 43.9 Å². The SMILES string of the molecule is CCC1(NC(=O)c2cccc(S(=O)(=O)C/C(F)=C/CN)c2)CC2CCCC(C2)C1. The third-order valence-electron chi connectivity index (χ3n) is 6.43. The van der Waals surface area contributed by atoms with Crippen LogP contribution in [0.25, 0.3) is 0 Å². The van der Waals surface area contributed by atoms with Crippen molar-refractivity contribution < 1.29 is 17.6 Å². The Kier molecular flexibility index (Phi) is 6.79. The van der Waals surface area contributed by atoms with E-state index in [1.54, 1.807) is 6.07 Å². The highest BCUT2D eigenvalue weighted by Gasteiger charge is 2.42. The van der Waals surface area contributed by atoms with E-state index in [2.05, 4.69) is 12.2 Å². The van der Waals surface area contributed by atoms with Gasteiger partial charge in [-0.15, -0.1) is 0 Å². The zero-order chi connectivity index (χ0) is 21.1. The molecule has 160 valence electrons. The topological polar surface area (TPSA) is 89.3 Å². The highest BCUT2D eigenvalue weighted by atomic mass is 32.2. The minimum Gasteiger partial charge on any atom is -0.347 e. The minimum atomic E-state index is -3.88. The Labute approximate surface area is 172 Å². The molecule has 0 spiro atoms. The lowest BCUT2D eigenvalue weighted by molar-refractivity contribution is 0.0654. The van der Waals surface area contributed by atoms with Crippen molar-refractivity contribution in [3.05, 3.63) is 41.7 Å². The summed E-state index contributed by atoms with van der Waals surface area (Å²) in [6, 6.07) is 5.86. The molecule has 0 saturated heterocycles. The van der Waals surface area contributed by atoms with E-state index in [-0.39, 0.29) is 28.4 Å². The van der Waals surface area contributed by atoms with Crippen LogP contribution < -0.4 is 11.1 Å². The average Bonchev–Trinajstić information content (AvgIpc) is 2.67. The summed E-state index contributed by atoms with van der Waals surface area (Å²) in [6.45, 7) is 2.04. The second-order valence-electron chi connectivity index (χ2n) is 8.57. The van der Waals surface area contributed by atoms with Crippen molar-refractivity contribution in [1.29, 1.82) is 0 Å². The number of carbonyl (C=O) groups excluding carboxylic acids is 1. The van der Waals surface area contributed by atoms with Gasteiger partial charge < -0.3 is 11.1 Å². The standard InChI is InChI=1S/C22H31FN2O3S/c1-2-22(13-16-5-3-6-17(11-16)14-22)25-21(26)18-7-4-8-20(12-18)29(27,28)15-19(23)9-10-24/h4,7-9,12,16-17H,2-3,5-6,10-11,13-15,24H2,1H3,(H,25,26)/b19-9-. The van der Waals surface area contributed by atoms with Crippen molar-refractivity contribution in [2.24, 2.45) is 17.6 Å². The van der Waals surface area contributed by atoms with Crippen LogP contribution in [0.4, 0.5) is 4.39 Å². The van der Waals surface area contributed by atoms with Gasteiger partial charge in [0.1, 0.15) is 11.6 Å². The van der Waals surface area contributed by atoms with Gasteiger partial charge in [-0.05, 0) is 61.8 Å². The Morgan fingerprint density at radius 1 is 1.31 bits per heavy atom. The van der Waals surface area contributed by atoms with Crippen molar-refractivity contribution in [3.63, 3.8) is 0 Å². The fourth-order valence-electron chi connectivity index (χ4n) is 5.04. The fraction of sp³-hybridized carbons (Fsp3) is 0.591. The molecule has 29 heavy (non-hydrogen) atoms. The Morgan fingerprint density at radius 2 is 2.00 bits per heavy atom. The number of sulfone groups is 1.